The van der Waals surface area contributed by atoms with Crippen LogP contribution in [0.2, 0.25) is 5.02 Å². The zero-order chi connectivity index (χ0) is 14.8. The Bertz CT molecular complexity index is 663. The Kier molecular flexibility index (Phi) is 4.38. The Morgan fingerprint density at radius 1 is 1.19 bits per heavy atom. The molecule has 0 amide bonds. The molecule has 1 aliphatic heterocycles. The van der Waals surface area contributed by atoms with E-state index in [9.17, 15) is 0 Å². The third kappa shape index (κ3) is 3.18. The molecule has 0 aromatic heterocycles. The van der Waals surface area contributed by atoms with Crippen molar-refractivity contribution in [3.63, 3.8) is 0 Å². The minimum atomic E-state index is -0.194. The molecule has 3 nitrogen and oxygen atoms in total. The molecule has 1 unspecified atom stereocenters. The van der Waals surface area contributed by atoms with E-state index in [0.29, 0.717) is 24.7 Å². The lowest BCUT2D eigenvalue weighted by Gasteiger charge is -2.23. The van der Waals surface area contributed by atoms with E-state index in [1.807, 2.05) is 36.4 Å². The molecule has 2 N–H and O–H groups in total. The van der Waals surface area contributed by atoms with Crippen molar-refractivity contribution < 1.29 is 9.47 Å². The first-order valence-electron chi connectivity index (χ1n) is 6.73. The van der Waals surface area contributed by atoms with Crippen LogP contribution in [0.4, 0.5) is 0 Å². The van der Waals surface area contributed by atoms with Crippen LogP contribution in [-0.2, 0) is 6.42 Å². The van der Waals surface area contributed by atoms with Crippen LogP contribution in [0.3, 0.4) is 0 Å². The highest BCUT2D eigenvalue weighted by Gasteiger charge is 2.20. The first-order chi connectivity index (χ1) is 10.1. The molecule has 2 aromatic carbocycles. The maximum Gasteiger partial charge on any atom is 0.166 e. The zero-order valence-electron chi connectivity index (χ0n) is 11.3. The van der Waals surface area contributed by atoms with E-state index >= 15 is 0 Å². The second-order valence-corrected chi connectivity index (χ2v) is 6.24. The molecule has 0 fully saturated rings. The van der Waals surface area contributed by atoms with Crippen molar-refractivity contribution in [1.82, 2.24) is 0 Å². The van der Waals surface area contributed by atoms with Gasteiger partial charge in [-0.1, -0.05) is 45.7 Å². The lowest BCUT2D eigenvalue weighted by molar-refractivity contribution is 0.169. The van der Waals surface area contributed by atoms with E-state index in [4.69, 9.17) is 26.8 Å². The fraction of sp³-hybridized carbons (Fsp3) is 0.250. The van der Waals surface area contributed by atoms with Crippen LogP contribution >= 0.6 is 27.5 Å². The van der Waals surface area contributed by atoms with Crippen molar-refractivity contribution in [2.75, 3.05) is 13.2 Å². The van der Waals surface area contributed by atoms with Gasteiger partial charge >= 0.3 is 0 Å². The molecular weight excluding hydrogens is 354 g/mol. The third-order valence-corrected chi connectivity index (χ3v) is 4.30. The van der Waals surface area contributed by atoms with E-state index in [1.165, 1.54) is 0 Å². The smallest absolute Gasteiger partial charge is 0.166 e. The number of hydrogen-bond donors (Lipinski definition) is 1. The van der Waals surface area contributed by atoms with Gasteiger partial charge in [-0.25, -0.2) is 0 Å². The van der Waals surface area contributed by atoms with Gasteiger partial charge in [0, 0.05) is 21.1 Å². The quantitative estimate of drug-likeness (QED) is 0.886. The van der Waals surface area contributed by atoms with Crippen molar-refractivity contribution in [1.29, 1.82) is 0 Å². The number of rotatable bonds is 3. The standard InChI is InChI=1S/C16H15BrClNO2/c17-11-5-4-10(13(18)9-11)8-14(19)12-2-1-3-15-16(12)21-7-6-20-15/h1-5,9,14H,6-8,19H2. The number of halogens is 2. The molecule has 110 valence electrons. The topological polar surface area (TPSA) is 44.5 Å². The second-order valence-electron chi connectivity index (χ2n) is 4.92. The minimum absolute atomic E-state index is 0.194. The van der Waals surface area contributed by atoms with Gasteiger partial charge in [-0.15, -0.1) is 0 Å². The van der Waals surface area contributed by atoms with E-state index in [-0.39, 0.29) is 6.04 Å². The highest BCUT2D eigenvalue weighted by Crippen LogP contribution is 2.37. The van der Waals surface area contributed by atoms with Gasteiger partial charge in [0.25, 0.3) is 0 Å². The summed E-state index contributed by atoms with van der Waals surface area (Å²) < 4.78 is 12.3. The molecule has 2 aromatic rings. The number of para-hydroxylation sites is 1. The van der Waals surface area contributed by atoms with Crippen LogP contribution in [-0.4, -0.2) is 13.2 Å². The molecule has 0 spiro atoms. The average Bonchev–Trinajstić information content (AvgIpc) is 2.49. The Hall–Kier alpha value is -1.23. The molecule has 0 bridgehead atoms. The SMILES string of the molecule is NC(Cc1ccc(Br)cc1Cl)c1cccc2c1OCCO2. The van der Waals surface area contributed by atoms with Crippen LogP contribution in [0, 0.1) is 0 Å². The van der Waals surface area contributed by atoms with Gasteiger partial charge < -0.3 is 15.2 Å². The van der Waals surface area contributed by atoms with Crippen LogP contribution in [0.15, 0.2) is 40.9 Å². The summed E-state index contributed by atoms with van der Waals surface area (Å²) in [5, 5.41) is 0.710. The summed E-state index contributed by atoms with van der Waals surface area (Å²) in [4.78, 5) is 0. The second kappa shape index (κ2) is 6.26. The van der Waals surface area contributed by atoms with Crippen LogP contribution in [0.5, 0.6) is 11.5 Å². The molecular formula is C16H15BrClNO2. The number of nitrogens with two attached hydrogens (primary N) is 1. The molecule has 21 heavy (non-hydrogen) atoms. The molecule has 0 radical (unpaired) electrons. The number of hydrogen-bond acceptors (Lipinski definition) is 3. The summed E-state index contributed by atoms with van der Waals surface area (Å²) in [5.41, 5.74) is 8.32. The van der Waals surface area contributed by atoms with Gasteiger partial charge in [0.05, 0.1) is 0 Å². The highest BCUT2D eigenvalue weighted by atomic mass is 79.9. The maximum atomic E-state index is 6.35. The molecule has 0 saturated heterocycles. The lowest BCUT2D eigenvalue weighted by Crippen LogP contribution is -2.20. The van der Waals surface area contributed by atoms with Crippen molar-refractivity contribution in [3.05, 3.63) is 57.0 Å². The maximum absolute atomic E-state index is 6.35. The van der Waals surface area contributed by atoms with Crippen molar-refractivity contribution in [2.45, 2.75) is 12.5 Å². The highest BCUT2D eigenvalue weighted by molar-refractivity contribution is 9.10. The molecule has 1 atom stereocenters. The number of ether oxygens (including phenoxy) is 2. The zero-order valence-corrected chi connectivity index (χ0v) is 13.7. The van der Waals surface area contributed by atoms with Gasteiger partial charge in [0.15, 0.2) is 11.5 Å². The lowest BCUT2D eigenvalue weighted by atomic mass is 9.98. The molecule has 1 aliphatic rings. The molecule has 5 heteroatoms. The summed E-state index contributed by atoms with van der Waals surface area (Å²) in [7, 11) is 0. The Morgan fingerprint density at radius 2 is 2.00 bits per heavy atom. The Balaban J connectivity index is 1.87. The largest absolute Gasteiger partial charge is 0.486 e. The predicted octanol–water partition coefficient (Wildman–Crippen LogP) is 4.12. The number of benzene rings is 2. The fourth-order valence-corrected chi connectivity index (χ4v) is 3.17. The summed E-state index contributed by atoms with van der Waals surface area (Å²) in [6.45, 7) is 1.13. The van der Waals surface area contributed by atoms with E-state index < -0.39 is 0 Å². The first-order valence-corrected chi connectivity index (χ1v) is 7.90. The monoisotopic (exact) mass is 367 g/mol. The van der Waals surface area contributed by atoms with Crippen molar-refractivity contribution in [3.8, 4) is 11.5 Å². The number of fused-ring (bicyclic) bond motifs is 1. The van der Waals surface area contributed by atoms with Crippen molar-refractivity contribution >= 4 is 27.5 Å². The van der Waals surface area contributed by atoms with E-state index in [2.05, 4.69) is 15.9 Å². The van der Waals surface area contributed by atoms with Crippen molar-refractivity contribution in [2.24, 2.45) is 5.73 Å². The van der Waals surface area contributed by atoms with Crippen LogP contribution < -0.4 is 15.2 Å². The fourth-order valence-electron chi connectivity index (χ4n) is 2.42. The summed E-state index contributed by atoms with van der Waals surface area (Å²) in [5.74, 6) is 1.51. The van der Waals surface area contributed by atoms with E-state index in [1.54, 1.807) is 0 Å². The predicted molar refractivity (Wildman–Crippen MR) is 87.2 cm³/mol. The molecule has 0 saturated carbocycles. The van der Waals surface area contributed by atoms with Gasteiger partial charge in [-0.3, -0.25) is 0 Å². The third-order valence-electron chi connectivity index (χ3n) is 3.45. The summed E-state index contributed by atoms with van der Waals surface area (Å²) in [6.07, 6.45) is 0.645. The Labute approximate surface area is 137 Å². The molecule has 0 aliphatic carbocycles. The molecule has 3 rings (SSSR count). The normalized spacial score (nSPS) is 14.8. The summed E-state index contributed by atoms with van der Waals surface area (Å²) >= 11 is 9.67. The van der Waals surface area contributed by atoms with Gasteiger partial charge in [-0.05, 0) is 30.2 Å². The van der Waals surface area contributed by atoms with Crippen LogP contribution in [0.1, 0.15) is 17.2 Å². The molecule has 1 heterocycles. The first kappa shape index (κ1) is 14.7. The summed E-state index contributed by atoms with van der Waals surface area (Å²) in [6, 6.07) is 11.4. The Morgan fingerprint density at radius 3 is 2.81 bits per heavy atom. The average molecular weight is 369 g/mol. The van der Waals surface area contributed by atoms with Gasteiger partial charge in [-0.2, -0.15) is 0 Å². The van der Waals surface area contributed by atoms with Gasteiger partial charge in [0.2, 0.25) is 0 Å². The van der Waals surface area contributed by atoms with Gasteiger partial charge in [0.1, 0.15) is 13.2 Å². The minimum Gasteiger partial charge on any atom is -0.486 e. The van der Waals surface area contributed by atoms with Crippen LogP contribution in [0.25, 0.3) is 0 Å². The van der Waals surface area contributed by atoms with E-state index in [0.717, 1.165) is 27.1 Å².